The summed E-state index contributed by atoms with van der Waals surface area (Å²) >= 11 is 0. The van der Waals surface area contributed by atoms with Gasteiger partial charge in [0.15, 0.2) is 0 Å². The molecular formula is C47H30N4OPt. The topological polar surface area (TPSA) is 44.4 Å². The van der Waals surface area contributed by atoms with E-state index in [2.05, 4.69) is 150 Å². The normalized spacial score (nSPS) is 13.1. The molecule has 254 valence electrons. The number of pyridine rings is 2. The van der Waals surface area contributed by atoms with Crippen molar-refractivity contribution in [3.05, 3.63) is 169 Å². The second kappa shape index (κ2) is 11.7. The van der Waals surface area contributed by atoms with E-state index in [1.54, 1.807) is 0 Å². The molecule has 0 saturated heterocycles. The first-order valence-corrected chi connectivity index (χ1v) is 17.6. The van der Waals surface area contributed by atoms with E-state index in [-0.39, 0.29) is 26.5 Å². The standard InChI is InChI=1S/C47H30N4O.Pt/c1-47(2)38-25-23-32(28-41(38)51-44-35(18-11-20-39(44)47)36-19-12-26-48-45(36)51)52-31-22-24-33-34-17-9-10-21-40(34)50-43(30-15-7-4-8-16-30)42(29-13-5-3-6-14-29)49-46(50)37(33)27-31;/h3-26H,1-2H3;/q-2;+2. The van der Waals surface area contributed by atoms with E-state index in [0.717, 1.165) is 66.6 Å². The van der Waals surface area contributed by atoms with Crippen LogP contribution >= 0.6 is 0 Å². The zero-order valence-electron chi connectivity index (χ0n) is 28.9. The zero-order chi connectivity index (χ0) is 34.6. The molecule has 53 heavy (non-hydrogen) atoms. The van der Waals surface area contributed by atoms with Crippen LogP contribution in [0, 0.1) is 12.1 Å². The van der Waals surface area contributed by atoms with Crippen molar-refractivity contribution in [1.29, 1.82) is 0 Å². The Kier molecular flexibility index (Phi) is 7.02. The number of rotatable bonds is 4. The predicted molar refractivity (Wildman–Crippen MR) is 210 cm³/mol. The Bertz CT molecular complexity index is 3070. The average molecular weight is 862 g/mol. The number of nitrogens with zero attached hydrogens (tertiary/aromatic N) is 4. The third-order valence-corrected chi connectivity index (χ3v) is 10.8. The summed E-state index contributed by atoms with van der Waals surface area (Å²) in [4.78, 5) is 10.2. The molecule has 4 aromatic heterocycles. The third-order valence-electron chi connectivity index (χ3n) is 10.8. The largest absolute Gasteiger partial charge is 2.00 e. The summed E-state index contributed by atoms with van der Waals surface area (Å²) < 4.78 is 11.2. The van der Waals surface area contributed by atoms with Gasteiger partial charge in [0.2, 0.25) is 0 Å². The smallest absolute Gasteiger partial charge is 0.503 e. The van der Waals surface area contributed by atoms with Gasteiger partial charge in [-0.15, -0.1) is 29.8 Å². The number of hydrogen-bond donors (Lipinski definition) is 0. The molecule has 0 N–H and O–H groups in total. The molecule has 0 amide bonds. The van der Waals surface area contributed by atoms with E-state index in [1.165, 1.54) is 22.0 Å². The fraction of sp³-hybridized carbons (Fsp3) is 0.0638. The van der Waals surface area contributed by atoms with Crippen LogP contribution in [-0.2, 0) is 26.5 Å². The molecule has 0 atom stereocenters. The quantitative estimate of drug-likeness (QED) is 0.131. The van der Waals surface area contributed by atoms with Crippen LogP contribution in [0.4, 0.5) is 0 Å². The Hall–Kier alpha value is -6.03. The molecule has 0 unspecified atom stereocenters. The number of aromatic nitrogens is 4. The van der Waals surface area contributed by atoms with Crippen molar-refractivity contribution in [1.82, 2.24) is 18.9 Å². The molecule has 0 fully saturated rings. The maximum Gasteiger partial charge on any atom is 2.00 e. The Labute approximate surface area is 320 Å². The molecule has 0 aliphatic carbocycles. The molecule has 0 bridgehead atoms. The first kappa shape index (κ1) is 31.7. The van der Waals surface area contributed by atoms with E-state index in [0.29, 0.717) is 11.5 Å². The van der Waals surface area contributed by atoms with Crippen LogP contribution < -0.4 is 4.74 Å². The van der Waals surface area contributed by atoms with Gasteiger partial charge in [0.05, 0.1) is 22.6 Å². The summed E-state index contributed by atoms with van der Waals surface area (Å²) in [5, 5.41) is 5.42. The first-order chi connectivity index (χ1) is 25.6. The number of ether oxygens (including phenoxy) is 1. The Balaban J connectivity index is 0.00000349. The molecule has 1 aliphatic heterocycles. The van der Waals surface area contributed by atoms with Crippen LogP contribution in [0.3, 0.4) is 0 Å². The first-order valence-electron chi connectivity index (χ1n) is 17.6. The molecule has 1 aliphatic rings. The zero-order valence-corrected chi connectivity index (χ0v) is 31.1. The van der Waals surface area contributed by atoms with Crippen molar-refractivity contribution in [2.75, 3.05) is 0 Å². The fourth-order valence-corrected chi connectivity index (χ4v) is 8.40. The van der Waals surface area contributed by atoms with E-state index in [1.807, 2.05) is 30.5 Å². The molecule has 5 nitrogen and oxygen atoms in total. The van der Waals surface area contributed by atoms with E-state index < -0.39 is 0 Å². The van der Waals surface area contributed by atoms with Crippen LogP contribution in [0.15, 0.2) is 146 Å². The third kappa shape index (κ3) is 4.54. The van der Waals surface area contributed by atoms with Gasteiger partial charge < -0.3 is 13.7 Å². The molecule has 5 heterocycles. The monoisotopic (exact) mass is 861 g/mol. The molecule has 10 aromatic rings. The number of benzene rings is 6. The van der Waals surface area contributed by atoms with Crippen molar-refractivity contribution in [3.63, 3.8) is 0 Å². The summed E-state index contributed by atoms with van der Waals surface area (Å²) in [7, 11) is 0. The van der Waals surface area contributed by atoms with Crippen molar-refractivity contribution in [2.45, 2.75) is 19.3 Å². The van der Waals surface area contributed by atoms with E-state index in [4.69, 9.17) is 14.7 Å². The van der Waals surface area contributed by atoms with Crippen LogP contribution in [0.2, 0.25) is 0 Å². The minimum absolute atomic E-state index is 0. The second-order valence-electron chi connectivity index (χ2n) is 14.1. The van der Waals surface area contributed by atoms with Gasteiger partial charge in [-0.1, -0.05) is 133 Å². The summed E-state index contributed by atoms with van der Waals surface area (Å²) in [6.07, 6.45) is 1.86. The fourth-order valence-electron chi connectivity index (χ4n) is 8.40. The van der Waals surface area contributed by atoms with Crippen LogP contribution in [0.1, 0.15) is 25.0 Å². The van der Waals surface area contributed by atoms with Gasteiger partial charge in [-0.3, -0.25) is 4.98 Å². The Morgan fingerprint density at radius 3 is 2.11 bits per heavy atom. The summed E-state index contributed by atoms with van der Waals surface area (Å²) in [6, 6.07) is 55.9. The van der Waals surface area contributed by atoms with Crippen LogP contribution in [0.25, 0.3) is 77.5 Å². The minimum atomic E-state index is -0.233. The minimum Gasteiger partial charge on any atom is -0.503 e. The Morgan fingerprint density at radius 1 is 0.585 bits per heavy atom. The van der Waals surface area contributed by atoms with Gasteiger partial charge in [0.25, 0.3) is 0 Å². The van der Waals surface area contributed by atoms with Gasteiger partial charge in [-0.05, 0) is 40.1 Å². The SMILES string of the molecule is CC1(C)c2ccc(Oc3[c-]c4c(cc3)c3ccccc3n3c(-c5ccccc5)c(-c5ccccc5)nc43)[c-]c2-n2c3ncccc3c3cccc1c32.[Pt+2]. The van der Waals surface area contributed by atoms with Gasteiger partial charge in [-0.25, -0.2) is 4.98 Å². The molecule has 0 spiro atoms. The second-order valence-corrected chi connectivity index (χ2v) is 14.1. The van der Waals surface area contributed by atoms with Crippen LogP contribution in [0.5, 0.6) is 11.5 Å². The number of para-hydroxylation sites is 2. The Morgan fingerprint density at radius 2 is 1.28 bits per heavy atom. The van der Waals surface area contributed by atoms with Crippen LogP contribution in [-0.4, -0.2) is 18.9 Å². The molecular weight excluding hydrogens is 832 g/mol. The molecule has 0 radical (unpaired) electrons. The molecule has 6 aromatic carbocycles. The molecule has 11 rings (SSSR count). The maximum atomic E-state index is 6.68. The van der Waals surface area contributed by atoms with Gasteiger partial charge in [0.1, 0.15) is 5.65 Å². The number of hydrogen-bond acceptors (Lipinski definition) is 3. The van der Waals surface area contributed by atoms with Gasteiger partial charge in [0, 0.05) is 39.5 Å². The van der Waals surface area contributed by atoms with Gasteiger partial charge in [-0.2, -0.15) is 6.07 Å². The average Bonchev–Trinajstić information content (AvgIpc) is 3.76. The molecule has 0 saturated carbocycles. The van der Waals surface area contributed by atoms with E-state index >= 15 is 0 Å². The summed E-state index contributed by atoms with van der Waals surface area (Å²) in [6.45, 7) is 4.57. The van der Waals surface area contributed by atoms with Crippen molar-refractivity contribution >= 4 is 49.3 Å². The van der Waals surface area contributed by atoms with Crippen molar-refractivity contribution in [2.24, 2.45) is 0 Å². The predicted octanol–water partition coefficient (Wildman–Crippen LogP) is 11.5. The summed E-state index contributed by atoms with van der Waals surface area (Å²) in [5.41, 5.74) is 11.3. The maximum absolute atomic E-state index is 6.68. The van der Waals surface area contributed by atoms with Gasteiger partial charge >= 0.3 is 21.1 Å². The molecule has 6 heteroatoms. The summed E-state index contributed by atoms with van der Waals surface area (Å²) in [5.74, 6) is 1.22. The number of imidazole rings is 1. The number of fused-ring (bicyclic) bond motifs is 11. The van der Waals surface area contributed by atoms with Crippen molar-refractivity contribution in [3.8, 4) is 39.7 Å². The van der Waals surface area contributed by atoms with E-state index in [9.17, 15) is 0 Å². The van der Waals surface area contributed by atoms with Crippen molar-refractivity contribution < 1.29 is 25.8 Å².